The monoisotopic (exact) mass is 429 g/mol. The first kappa shape index (κ1) is 22.3. The van der Waals surface area contributed by atoms with Gasteiger partial charge in [0.05, 0.1) is 11.9 Å². The van der Waals surface area contributed by atoms with Gasteiger partial charge in [-0.05, 0) is 55.1 Å². The van der Waals surface area contributed by atoms with Gasteiger partial charge in [-0.15, -0.1) is 0 Å². The van der Waals surface area contributed by atoms with Crippen LogP contribution in [0.15, 0.2) is 48.5 Å². The van der Waals surface area contributed by atoms with Gasteiger partial charge in [0.15, 0.2) is 0 Å². The van der Waals surface area contributed by atoms with Gasteiger partial charge in [-0.25, -0.2) is 8.42 Å². The average Bonchev–Trinajstić information content (AvgIpc) is 3.23. The molecule has 0 radical (unpaired) electrons. The number of amides is 1. The summed E-state index contributed by atoms with van der Waals surface area (Å²) in [5.74, 6) is -0.317. The third kappa shape index (κ3) is 5.83. The summed E-state index contributed by atoms with van der Waals surface area (Å²) in [5, 5.41) is 2.91. The van der Waals surface area contributed by atoms with Crippen molar-refractivity contribution in [2.45, 2.75) is 39.3 Å². The molecule has 1 N–H and O–H groups in total. The molecule has 162 valence electrons. The van der Waals surface area contributed by atoms with Crippen LogP contribution in [0, 0.1) is 0 Å². The van der Waals surface area contributed by atoms with E-state index >= 15 is 0 Å². The van der Waals surface area contributed by atoms with Crippen LogP contribution in [0.3, 0.4) is 0 Å². The van der Waals surface area contributed by atoms with E-state index in [-0.39, 0.29) is 12.5 Å². The Balaban J connectivity index is 1.68. The molecule has 0 bridgehead atoms. The minimum Gasteiger partial charge on any atom is -0.350 e. The minimum absolute atomic E-state index is 0.232. The molecule has 0 spiro atoms. The largest absolute Gasteiger partial charge is 0.350 e. The molecule has 1 aliphatic rings. The Morgan fingerprint density at radius 3 is 2.23 bits per heavy atom. The standard InChI is InChI=1S/C23H31N3O3S/c1-3-19-10-6-7-13-22(19)26(30(2,28)29)18-23(27)24-16-20-11-4-5-12-21(20)17-25-14-8-9-15-25/h4-7,10-13H,3,8-9,14-18H2,1-2H3,(H,24,27). The van der Waals surface area contributed by atoms with Gasteiger partial charge in [0.1, 0.15) is 6.54 Å². The van der Waals surface area contributed by atoms with Gasteiger partial charge >= 0.3 is 0 Å². The summed E-state index contributed by atoms with van der Waals surface area (Å²) in [6.45, 7) is 5.23. The summed E-state index contributed by atoms with van der Waals surface area (Å²) in [5.41, 5.74) is 3.73. The molecule has 0 saturated carbocycles. The number of hydrogen-bond donors (Lipinski definition) is 1. The number of benzene rings is 2. The number of rotatable bonds is 9. The highest BCUT2D eigenvalue weighted by Crippen LogP contribution is 2.23. The van der Waals surface area contributed by atoms with E-state index in [4.69, 9.17) is 0 Å². The zero-order valence-corrected chi connectivity index (χ0v) is 18.6. The van der Waals surface area contributed by atoms with Crippen LogP contribution in [0.5, 0.6) is 0 Å². The fraction of sp³-hybridized carbons (Fsp3) is 0.435. The number of sulfonamides is 1. The van der Waals surface area contributed by atoms with Crippen molar-refractivity contribution in [3.05, 3.63) is 65.2 Å². The Labute approximate surface area is 179 Å². The van der Waals surface area contributed by atoms with Gasteiger partial charge in [-0.2, -0.15) is 0 Å². The lowest BCUT2D eigenvalue weighted by molar-refractivity contribution is -0.119. The highest BCUT2D eigenvalue weighted by atomic mass is 32.2. The van der Waals surface area contributed by atoms with Crippen molar-refractivity contribution in [3.8, 4) is 0 Å². The van der Waals surface area contributed by atoms with Gasteiger partial charge in [0.25, 0.3) is 0 Å². The first-order valence-electron chi connectivity index (χ1n) is 10.5. The lowest BCUT2D eigenvalue weighted by atomic mass is 10.1. The second kappa shape index (κ2) is 10.1. The number of nitrogens with one attached hydrogen (secondary N) is 1. The van der Waals surface area contributed by atoms with Crippen LogP contribution in [0.4, 0.5) is 5.69 Å². The van der Waals surface area contributed by atoms with Gasteiger partial charge in [0.2, 0.25) is 15.9 Å². The molecule has 0 aliphatic carbocycles. The van der Waals surface area contributed by atoms with Crippen LogP contribution in [0.25, 0.3) is 0 Å². The first-order chi connectivity index (χ1) is 14.4. The van der Waals surface area contributed by atoms with Crippen molar-refractivity contribution in [2.75, 3.05) is 30.2 Å². The number of anilines is 1. The van der Waals surface area contributed by atoms with Gasteiger partial charge in [0, 0.05) is 13.1 Å². The summed E-state index contributed by atoms with van der Waals surface area (Å²) >= 11 is 0. The van der Waals surface area contributed by atoms with Crippen molar-refractivity contribution in [1.29, 1.82) is 0 Å². The average molecular weight is 430 g/mol. The van der Waals surface area contributed by atoms with Crippen molar-refractivity contribution in [3.63, 3.8) is 0 Å². The summed E-state index contributed by atoms with van der Waals surface area (Å²) in [6.07, 6.45) is 4.30. The van der Waals surface area contributed by atoms with E-state index in [0.717, 1.165) is 37.0 Å². The van der Waals surface area contributed by atoms with Crippen molar-refractivity contribution >= 4 is 21.6 Å². The van der Waals surface area contributed by atoms with Gasteiger partial charge in [-0.3, -0.25) is 14.0 Å². The zero-order valence-electron chi connectivity index (χ0n) is 17.8. The van der Waals surface area contributed by atoms with Crippen LogP contribution in [-0.4, -0.2) is 45.1 Å². The molecule has 0 aromatic heterocycles. The third-order valence-corrected chi connectivity index (χ3v) is 6.64. The van der Waals surface area contributed by atoms with E-state index in [2.05, 4.69) is 16.3 Å². The topological polar surface area (TPSA) is 69.7 Å². The Kier molecular flexibility index (Phi) is 7.50. The molecule has 1 saturated heterocycles. The number of nitrogens with zero attached hydrogens (tertiary/aromatic N) is 2. The Bertz CT molecular complexity index is 969. The lowest BCUT2D eigenvalue weighted by Crippen LogP contribution is -2.40. The number of carbonyl (C=O) groups is 1. The van der Waals surface area contributed by atoms with E-state index in [1.54, 1.807) is 12.1 Å². The smallest absolute Gasteiger partial charge is 0.241 e. The number of carbonyl (C=O) groups excluding carboxylic acids is 1. The van der Waals surface area contributed by atoms with E-state index in [0.29, 0.717) is 18.7 Å². The number of likely N-dealkylation sites (tertiary alicyclic amines) is 1. The third-order valence-electron chi connectivity index (χ3n) is 5.52. The molecule has 1 fully saturated rings. The predicted octanol–water partition coefficient (Wildman–Crippen LogP) is 2.93. The number of para-hydroxylation sites is 1. The van der Waals surface area contributed by atoms with Crippen LogP contribution < -0.4 is 9.62 Å². The van der Waals surface area contributed by atoms with Crippen molar-refractivity contribution < 1.29 is 13.2 Å². The number of aryl methyl sites for hydroxylation is 1. The fourth-order valence-corrected chi connectivity index (χ4v) is 4.77. The van der Waals surface area contributed by atoms with Gasteiger partial charge < -0.3 is 5.32 Å². The van der Waals surface area contributed by atoms with Crippen LogP contribution >= 0.6 is 0 Å². The van der Waals surface area contributed by atoms with Crippen LogP contribution in [-0.2, 0) is 34.3 Å². The van der Waals surface area contributed by atoms with Crippen molar-refractivity contribution in [2.24, 2.45) is 0 Å². The summed E-state index contributed by atoms with van der Waals surface area (Å²) in [6, 6.07) is 15.4. The highest BCUT2D eigenvalue weighted by Gasteiger charge is 2.23. The summed E-state index contributed by atoms with van der Waals surface area (Å²) in [4.78, 5) is 15.1. The van der Waals surface area contributed by atoms with E-state index in [1.807, 2.05) is 37.3 Å². The maximum Gasteiger partial charge on any atom is 0.241 e. The van der Waals surface area contributed by atoms with Crippen LogP contribution in [0.1, 0.15) is 36.5 Å². The highest BCUT2D eigenvalue weighted by molar-refractivity contribution is 7.92. The Hall–Kier alpha value is -2.38. The molecule has 7 heteroatoms. The van der Waals surface area contributed by atoms with E-state index in [1.165, 1.54) is 22.7 Å². The zero-order chi connectivity index (χ0) is 21.6. The molecule has 1 heterocycles. The normalized spacial score (nSPS) is 14.6. The second-order valence-corrected chi connectivity index (χ2v) is 9.69. The molecule has 1 aliphatic heterocycles. The molecule has 30 heavy (non-hydrogen) atoms. The molecule has 2 aromatic carbocycles. The molecule has 6 nitrogen and oxygen atoms in total. The molecule has 1 amide bonds. The van der Waals surface area contributed by atoms with Crippen molar-refractivity contribution in [1.82, 2.24) is 10.2 Å². The molecule has 0 unspecified atom stereocenters. The van der Waals surface area contributed by atoms with E-state index in [9.17, 15) is 13.2 Å². The summed E-state index contributed by atoms with van der Waals surface area (Å²) < 4.78 is 26.0. The molecule has 2 aromatic rings. The second-order valence-electron chi connectivity index (χ2n) is 7.78. The fourth-order valence-electron chi connectivity index (χ4n) is 3.88. The first-order valence-corrected chi connectivity index (χ1v) is 12.3. The predicted molar refractivity (Wildman–Crippen MR) is 121 cm³/mol. The maximum absolute atomic E-state index is 12.7. The summed E-state index contributed by atoms with van der Waals surface area (Å²) in [7, 11) is -3.59. The Morgan fingerprint density at radius 2 is 1.60 bits per heavy atom. The maximum atomic E-state index is 12.7. The molecular formula is C23H31N3O3S. The quantitative estimate of drug-likeness (QED) is 0.665. The molecular weight excluding hydrogens is 398 g/mol. The molecule has 0 atom stereocenters. The number of hydrogen-bond acceptors (Lipinski definition) is 4. The SMILES string of the molecule is CCc1ccccc1N(CC(=O)NCc1ccccc1CN1CCCC1)S(C)(=O)=O. The lowest BCUT2D eigenvalue weighted by Gasteiger charge is -2.24. The van der Waals surface area contributed by atoms with Crippen LogP contribution in [0.2, 0.25) is 0 Å². The van der Waals surface area contributed by atoms with E-state index < -0.39 is 10.0 Å². The molecule has 3 rings (SSSR count). The van der Waals surface area contributed by atoms with Gasteiger partial charge in [-0.1, -0.05) is 49.4 Å². The minimum atomic E-state index is -3.59. The Morgan fingerprint density at radius 1 is 1.00 bits per heavy atom.